The van der Waals surface area contributed by atoms with Crippen molar-refractivity contribution in [3.8, 4) is 11.5 Å². The van der Waals surface area contributed by atoms with E-state index in [9.17, 15) is 9.59 Å². The molecule has 0 spiro atoms. The lowest BCUT2D eigenvalue weighted by Crippen LogP contribution is -2.46. The zero-order valence-electron chi connectivity index (χ0n) is 21.1. The van der Waals surface area contributed by atoms with Crippen LogP contribution in [0.4, 0.5) is 5.69 Å². The molecule has 0 bridgehead atoms. The molecule has 0 aromatic heterocycles. The third-order valence-corrected chi connectivity index (χ3v) is 6.91. The van der Waals surface area contributed by atoms with Gasteiger partial charge in [0.15, 0.2) is 0 Å². The van der Waals surface area contributed by atoms with Gasteiger partial charge in [0.25, 0.3) is 0 Å². The summed E-state index contributed by atoms with van der Waals surface area (Å²) in [5.74, 6) is 0.987. The molecular formula is C29H32ClN3O3. The molecule has 188 valence electrons. The van der Waals surface area contributed by atoms with E-state index in [0.29, 0.717) is 35.9 Å². The normalized spacial score (nSPS) is 15.7. The van der Waals surface area contributed by atoms with Crippen molar-refractivity contribution in [2.24, 2.45) is 5.73 Å². The highest BCUT2D eigenvalue weighted by Gasteiger charge is 2.30. The number of ether oxygens (including phenoxy) is 1. The number of nitrogens with one attached hydrogen (secondary N) is 1. The van der Waals surface area contributed by atoms with Gasteiger partial charge in [0.1, 0.15) is 11.5 Å². The highest BCUT2D eigenvalue weighted by molar-refractivity contribution is 6.30. The molecule has 0 saturated carbocycles. The lowest BCUT2D eigenvalue weighted by molar-refractivity contribution is -0.123. The Hall–Kier alpha value is -3.35. The molecule has 0 saturated heterocycles. The van der Waals surface area contributed by atoms with E-state index < -0.39 is 6.04 Å². The van der Waals surface area contributed by atoms with Crippen LogP contribution in [-0.2, 0) is 16.0 Å². The first-order valence-electron chi connectivity index (χ1n) is 12.1. The largest absolute Gasteiger partial charge is 0.457 e. The number of carbonyl (C=O) groups excluding carboxylic acids is 2. The summed E-state index contributed by atoms with van der Waals surface area (Å²) in [5, 5.41) is 3.75. The van der Waals surface area contributed by atoms with E-state index in [-0.39, 0.29) is 17.9 Å². The number of carbonyl (C=O) groups is 2. The predicted molar refractivity (Wildman–Crippen MR) is 144 cm³/mol. The van der Waals surface area contributed by atoms with E-state index in [0.717, 1.165) is 27.9 Å². The van der Waals surface area contributed by atoms with Gasteiger partial charge in [-0.05, 0) is 92.8 Å². The molecule has 3 N–H and O–H groups in total. The molecule has 1 aliphatic rings. The zero-order valence-corrected chi connectivity index (χ0v) is 21.9. The SMILES string of the molecule is CC(=O)N1CC[C@@H](NC(=O)[C@@H](N)Cc2c(C)cc(C)cc2C)c2cc(Oc3ccc(Cl)cc3)ccc21. The van der Waals surface area contributed by atoms with Crippen molar-refractivity contribution in [2.45, 2.75) is 52.6 Å². The van der Waals surface area contributed by atoms with Crippen LogP contribution in [0.1, 0.15) is 47.2 Å². The fourth-order valence-electron chi connectivity index (χ4n) is 4.89. The predicted octanol–water partition coefficient (Wildman–Crippen LogP) is 5.54. The van der Waals surface area contributed by atoms with Crippen molar-refractivity contribution < 1.29 is 14.3 Å². The molecule has 36 heavy (non-hydrogen) atoms. The molecule has 4 rings (SSSR count). The molecule has 0 aliphatic carbocycles. The molecular weight excluding hydrogens is 474 g/mol. The van der Waals surface area contributed by atoms with Crippen molar-refractivity contribution in [3.63, 3.8) is 0 Å². The van der Waals surface area contributed by atoms with Gasteiger partial charge in [-0.1, -0.05) is 29.3 Å². The van der Waals surface area contributed by atoms with Crippen LogP contribution in [0.5, 0.6) is 11.5 Å². The maximum absolute atomic E-state index is 13.2. The molecule has 1 aliphatic heterocycles. The maximum atomic E-state index is 13.2. The minimum atomic E-state index is -0.687. The minimum absolute atomic E-state index is 0.0468. The summed E-state index contributed by atoms with van der Waals surface area (Å²) in [7, 11) is 0. The van der Waals surface area contributed by atoms with E-state index in [2.05, 4.69) is 38.2 Å². The number of rotatable bonds is 6. The van der Waals surface area contributed by atoms with E-state index in [4.69, 9.17) is 22.1 Å². The van der Waals surface area contributed by atoms with E-state index in [1.54, 1.807) is 36.1 Å². The molecule has 3 aromatic rings. The number of halogens is 1. The van der Waals surface area contributed by atoms with E-state index in [1.807, 2.05) is 18.2 Å². The van der Waals surface area contributed by atoms with Crippen LogP contribution >= 0.6 is 11.6 Å². The Balaban J connectivity index is 1.56. The molecule has 3 aromatic carbocycles. The summed E-state index contributed by atoms with van der Waals surface area (Å²) in [4.78, 5) is 27.2. The highest BCUT2D eigenvalue weighted by atomic mass is 35.5. The molecule has 2 amide bonds. The van der Waals surface area contributed by atoms with Crippen LogP contribution in [0.25, 0.3) is 0 Å². The number of hydrogen-bond acceptors (Lipinski definition) is 4. The first-order chi connectivity index (χ1) is 17.1. The third-order valence-electron chi connectivity index (χ3n) is 6.65. The molecule has 0 fully saturated rings. The second-order valence-electron chi connectivity index (χ2n) is 9.48. The minimum Gasteiger partial charge on any atom is -0.457 e. The average molecular weight is 506 g/mol. The standard InChI is InChI=1S/C29H32ClN3O3/c1-17-13-18(2)24(19(3)14-17)16-26(31)29(35)32-27-11-12-33(20(4)34)28-10-9-23(15-25(27)28)36-22-7-5-21(30)6-8-22/h5-10,13-15,26-27H,11-12,16,31H2,1-4H3,(H,32,35)/t26-,27+/m0/s1. The summed E-state index contributed by atoms with van der Waals surface area (Å²) in [6.45, 7) is 8.22. The van der Waals surface area contributed by atoms with E-state index in [1.165, 1.54) is 5.56 Å². The fraction of sp³-hybridized carbons (Fsp3) is 0.310. The van der Waals surface area contributed by atoms with Crippen molar-refractivity contribution in [2.75, 3.05) is 11.4 Å². The third kappa shape index (κ3) is 5.72. The number of hydrogen-bond donors (Lipinski definition) is 2. The van der Waals surface area contributed by atoms with Crippen LogP contribution in [-0.4, -0.2) is 24.4 Å². The van der Waals surface area contributed by atoms with Crippen LogP contribution < -0.4 is 20.7 Å². The quantitative estimate of drug-likeness (QED) is 0.460. The highest BCUT2D eigenvalue weighted by Crippen LogP contribution is 2.37. The second-order valence-corrected chi connectivity index (χ2v) is 9.92. The van der Waals surface area contributed by atoms with Gasteiger partial charge < -0.3 is 20.7 Å². The Bertz CT molecular complexity index is 1270. The van der Waals surface area contributed by atoms with Gasteiger partial charge in [-0.25, -0.2) is 0 Å². The molecule has 6 nitrogen and oxygen atoms in total. The first-order valence-corrected chi connectivity index (χ1v) is 12.5. The molecule has 1 heterocycles. The van der Waals surface area contributed by atoms with Crippen LogP contribution in [0.15, 0.2) is 54.6 Å². The number of fused-ring (bicyclic) bond motifs is 1. The Labute approximate surface area is 217 Å². The summed E-state index contributed by atoms with van der Waals surface area (Å²) in [5.41, 5.74) is 12.5. The van der Waals surface area contributed by atoms with Crippen molar-refractivity contribution in [1.82, 2.24) is 5.32 Å². The van der Waals surface area contributed by atoms with Gasteiger partial charge in [0.05, 0.1) is 12.1 Å². The van der Waals surface area contributed by atoms with Crippen molar-refractivity contribution in [1.29, 1.82) is 0 Å². The zero-order chi connectivity index (χ0) is 26.0. The lowest BCUT2D eigenvalue weighted by Gasteiger charge is -2.35. The first kappa shape index (κ1) is 25.7. The Morgan fingerprint density at radius 1 is 1.06 bits per heavy atom. The summed E-state index contributed by atoms with van der Waals surface area (Å²) < 4.78 is 6.01. The van der Waals surface area contributed by atoms with Gasteiger partial charge >= 0.3 is 0 Å². The topological polar surface area (TPSA) is 84.7 Å². The monoisotopic (exact) mass is 505 g/mol. The summed E-state index contributed by atoms with van der Waals surface area (Å²) in [6.07, 6.45) is 1.04. The Morgan fingerprint density at radius 3 is 2.33 bits per heavy atom. The molecule has 7 heteroatoms. The number of aryl methyl sites for hydroxylation is 3. The number of nitrogens with two attached hydrogens (primary N) is 1. The second kappa shape index (κ2) is 10.7. The van der Waals surface area contributed by atoms with Gasteiger partial charge in [0, 0.05) is 29.7 Å². The molecule has 0 unspecified atom stereocenters. The Morgan fingerprint density at radius 2 is 1.69 bits per heavy atom. The van der Waals surface area contributed by atoms with E-state index >= 15 is 0 Å². The Kier molecular flexibility index (Phi) is 7.67. The number of amides is 2. The van der Waals surface area contributed by atoms with Gasteiger partial charge in [-0.15, -0.1) is 0 Å². The molecule has 0 radical (unpaired) electrons. The smallest absolute Gasteiger partial charge is 0.237 e. The van der Waals surface area contributed by atoms with Gasteiger partial charge in [0.2, 0.25) is 11.8 Å². The van der Waals surface area contributed by atoms with Crippen LogP contribution in [0.2, 0.25) is 5.02 Å². The van der Waals surface area contributed by atoms with Crippen LogP contribution in [0.3, 0.4) is 0 Å². The average Bonchev–Trinajstić information content (AvgIpc) is 2.82. The summed E-state index contributed by atoms with van der Waals surface area (Å²) in [6, 6.07) is 15.9. The van der Waals surface area contributed by atoms with Gasteiger partial charge in [-0.3, -0.25) is 9.59 Å². The summed E-state index contributed by atoms with van der Waals surface area (Å²) >= 11 is 5.98. The fourth-order valence-corrected chi connectivity index (χ4v) is 5.02. The molecule has 2 atom stereocenters. The number of benzene rings is 3. The van der Waals surface area contributed by atoms with Crippen molar-refractivity contribution in [3.05, 3.63) is 87.4 Å². The maximum Gasteiger partial charge on any atom is 0.237 e. The van der Waals surface area contributed by atoms with Gasteiger partial charge in [-0.2, -0.15) is 0 Å². The lowest BCUT2D eigenvalue weighted by atomic mass is 9.93. The number of anilines is 1. The van der Waals surface area contributed by atoms with Crippen molar-refractivity contribution >= 4 is 29.1 Å². The number of nitrogens with zero attached hydrogens (tertiary/aromatic N) is 1. The van der Waals surface area contributed by atoms with Crippen LogP contribution in [0, 0.1) is 20.8 Å².